The first-order valence-corrected chi connectivity index (χ1v) is 11.0. The number of halogens is 3. The minimum atomic E-state index is -4.62. The lowest BCUT2D eigenvalue weighted by Gasteiger charge is -2.17. The van der Waals surface area contributed by atoms with Crippen molar-refractivity contribution < 1.29 is 27.4 Å². The van der Waals surface area contributed by atoms with Crippen LogP contribution in [0.1, 0.15) is 46.0 Å². The largest absolute Gasteiger partial charge is 0.488 e. The summed E-state index contributed by atoms with van der Waals surface area (Å²) in [5.41, 5.74) is 1.43. The number of thiazole rings is 1. The Morgan fingerprint density at radius 2 is 1.97 bits per heavy atom. The predicted molar refractivity (Wildman–Crippen MR) is 115 cm³/mol. The van der Waals surface area contributed by atoms with Gasteiger partial charge in [-0.1, -0.05) is 0 Å². The molecular weight excluding hydrogens is 457 g/mol. The van der Waals surface area contributed by atoms with Crippen molar-refractivity contribution in [3.63, 3.8) is 0 Å². The zero-order valence-corrected chi connectivity index (χ0v) is 18.7. The van der Waals surface area contributed by atoms with Crippen molar-refractivity contribution in [3.8, 4) is 16.3 Å². The number of nitrogens with zero attached hydrogens (tertiary/aromatic N) is 3. The van der Waals surface area contributed by atoms with E-state index in [1.165, 1.54) is 11.3 Å². The second kappa shape index (κ2) is 9.44. The van der Waals surface area contributed by atoms with Crippen molar-refractivity contribution in [1.29, 1.82) is 0 Å². The van der Waals surface area contributed by atoms with Gasteiger partial charge in [0.25, 0.3) is 5.91 Å². The van der Waals surface area contributed by atoms with Gasteiger partial charge in [-0.3, -0.25) is 4.79 Å². The molecule has 7 nitrogen and oxygen atoms in total. The Labute approximate surface area is 192 Å². The lowest BCUT2D eigenvalue weighted by molar-refractivity contribution is -0.145. The maximum atomic E-state index is 13.0. The fourth-order valence-electron chi connectivity index (χ4n) is 3.28. The molecule has 0 spiro atoms. The number of aryl methyl sites for hydroxylation is 1. The quantitative estimate of drug-likeness (QED) is 0.558. The second-order valence-corrected chi connectivity index (χ2v) is 8.89. The molecule has 0 bridgehead atoms. The maximum Gasteiger partial charge on any atom is 0.451 e. The van der Waals surface area contributed by atoms with E-state index in [2.05, 4.69) is 20.3 Å². The van der Waals surface area contributed by atoms with E-state index >= 15 is 0 Å². The van der Waals surface area contributed by atoms with Gasteiger partial charge in [0.05, 0.1) is 19.3 Å². The summed E-state index contributed by atoms with van der Waals surface area (Å²) in [6.07, 6.45) is -0.0931. The fraction of sp³-hybridized carbons (Fsp3) is 0.364. The van der Waals surface area contributed by atoms with Gasteiger partial charge in [0.15, 0.2) is 0 Å². The molecule has 4 rings (SSSR count). The highest BCUT2D eigenvalue weighted by Gasteiger charge is 2.34. The lowest BCUT2D eigenvalue weighted by atomic mass is 10.1. The molecule has 3 heterocycles. The summed E-state index contributed by atoms with van der Waals surface area (Å²) < 4.78 is 49.5. The lowest BCUT2D eigenvalue weighted by Crippen LogP contribution is -2.27. The summed E-state index contributed by atoms with van der Waals surface area (Å²) in [6.45, 7) is 4.69. The summed E-state index contributed by atoms with van der Waals surface area (Å²) in [4.78, 5) is 25.1. The number of amides is 1. The topological polar surface area (TPSA) is 86.2 Å². The van der Waals surface area contributed by atoms with Crippen LogP contribution in [0, 0.1) is 6.92 Å². The molecule has 3 aromatic rings. The number of rotatable bonds is 6. The zero-order valence-electron chi connectivity index (χ0n) is 17.8. The molecule has 1 aliphatic rings. The third kappa shape index (κ3) is 5.66. The van der Waals surface area contributed by atoms with Crippen molar-refractivity contribution >= 4 is 17.2 Å². The number of alkyl halides is 3. The van der Waals surface area contributed by atoms with Crippen LogP contribution < -0.4 is 10.1 Å². The van der Waals surface area contributed by atoms with E-state index in [9.17, 15) is 18.0 Å². The number of nitrogens with one attached hydrogen (secondary N) is 1. The third-order valence-electron chi connectivity index (χ3n) is 5.00. The SMILES string of the molecule is Cc1cnc(-c2cc(O[C@H]3CCOC3)cc(C(=O)NC(C)c3cnc(C(F)(F)F)nc3)c2)s1. The summed E-state index contributed by atoms with van der Waals surface area (Å²) in [5, 5.41) is 3.53. The number of hydrogen-bond acceptors (Lipinski definition) is 7. The number of carbonyl (C=O) groups is 1. The molecule has 174 valence electrons. The third-order valence-corrected chi connectivity index (χ3v) is 5.96. The Hall–Kier alpha value is -3.05. The van der Waals surface area contributed by atoms with Crippen LogP contribution in [0.4, 0.5) is 13.2 Å². The normalized spacial score (nSPS) is 17.1. The Morgan fingerprint density at radius 3 is 2.58 bits per heavy atom. The van der Waals surface area contributed by atoms with Gasteiger partial charge in [0, 0.05) is 46.6 Å². The first kappa shape index (κ1) is 23.1. The van der Waals surface area contributed by atoms with Gasteiger partial charge in [0.2, 0.25) is 5.82 Å². The molecule has 0 radical (unpaired) electrons. The van der Waals surface area contributed by atoms with Gasteiger partial charge in [-0.2, -0.15) is 13.2 Å². The summed E-state index contributed by atoms with van der Waals surface area (Å²) in [6, 6.07) is 4.56. The van der Waals surface area contributed by atoms with Crippen LogP contribution in [-0.2, 0) is 10.9 Å². The van der Waals surface area contributed by atoms with Crippen molar-refractivity contribution in [3.05, 3.63) is 58.6 Å². The number of carbonyl (C=O) groups excluding carboxylic acids is 1. The van der Waals surface area contributed by atoms with Gasteiger partial charge in [-0.25, -0.2) is 15.0 Å². The van der Waals surface area contributed by atoms with Crippen molar-refractivity contribution in [1.82, 2.24) is 20.3 Å². The van der Waals surface area contributed by atoms with Gasteiger partial charge in [-0.15, -0.1) is 11.3 Å². The minimum absolute atomic E-state index is 0.0996. The van der Waals surface area contributed by atoms with Crippen LogP contribution in [-0.4, -0.2) is 40.2 Å². The van der Waals surface area contributed by atoms with Crippen molar-refractivity contribution in [2.24, 2.45) is 0 Å². The molecule has 2 atom stereocenters. The fourth-order valence-corrected chi connectivity index (χ4v) is 4.03. The molecule has 1 N–H and O–H groups in total. The average molecular weight is 478 g/mol. The molecule has 2 aromatic heterocycles. The van der Waals surface area contributed by atoms with E-state index in [1.807, 2.05) is 13.0 Å². The van der Waals surface area contributed by atoms with E-state index in [1.54, 1.807) is 25.3 Å². The Morgan fingerprint density at radius 1 is 1.21 bits per heavy atom. The van der Waals surface area contributed by atoms with Crippen LogP contribution in [0.2, 0.25) is 0 Å². The molecule has 1 amide bonds. The molecule has 33 heavy (non-hydrogen) atoms. The maximum absolute atomic E-state index is 13.0. The van der Waals surface area contributed by atoms with E-state index in [4.69, 9.17) is 9.47 Å². The molecule has 1 aliphatic heterocycles. The van der Waals surface area contributed by atoms with Crippen molar-refractivity contribution in [2.45, 2.75) is 38.6 Å². The van der Waals surface area contributed by atoms with Gasteiger partial charge < -0.3 is 14.8 Å². The van der Waals surface area contributed by atoms with E-state index in [0.717, 1.165) is 34.3 Å². The molecule has 1 unspecified atom stereocenters. The molecule has 11 heteroatoms. The predicted octanol–water partition coefficient (Wildman–Crippen LogP) is 4.59. The summed E-state index contributed by atoms with van der Waals surface area (Å²) >= 11 is 1.50. The number of hydrogen-bond donors (Lipinski definition) is 1. The first-order valence-electron chi connectivity index (χ1n) is 10.2. The van der Waals surface area contributed by atoms with Crippen LogP contribution in [0.15, 0.2) is 36.8 Å². The molecule has 0 saturated carbocycles. The summed E-state index contributed by atoms with van der Waals surface area (Å²) in [7, 11) is 0. The molecule has 0 aliphatic carbocycles. The second-order valence-electron chi connectivity index (χ2n) is 7.66. The number of benzene rings is 1. The zero-order chi connectivity index (χ0) is 23.6. The Balaban J connectivity index is 1.56. The van der Waals surface area contributed by atoms with E-state index < -0.39 is 23.9 Å². The molecule has 1 saturated heterocycles. The van der Waals surface area contributed by atoms with Crippen LogP contribution in [0.25, 0.3) is 10.6 Å². The summed E-state index contributed by atoms with van der Waals surface area (Å²) in [5.74, 6) is -1.12. The molecule has 1 fully saturated rings. The average Bonchev–Trinajstić information content (AvgIpc) is 3.44. The highest BCUT2D eigenvalue weighted by Crippen LogP contribution is 2.31. The highest BCUT2D eigenvalue weighted by atomic mass is 32.1. The van der Waals surface area contributed by atoms with E-state index in [-0.39, 0.29) is 6.10 Å². The monoisotopic (exact) mass is 478 g/mol. The minimum Gasteiger partial charge on any atom is -0.488 e. The van der Waals surface area contributed by atoms with Gasteiger partial charge >= 0.3 is 6.18 Å². The highest BCUT2D eigenvalue weighted by molar-refractivity contribution is 7.14. The van der Waals surface area contributed by atoms with E-state index in [0.29, 0.717) is 30.1 Å². The van der Waals surface area contributed by atoms with Gasteiger partial charge in [-0.05, 0) is 32.0 Å². The molecule has 1 aromatic carbocycles. The Bertz CT molecular complexity index is 1130. The van der Waals surface area contributed by atoms with Crippen molar-refractivity contribution in [2.75, 3.05) is 13.2 Å². The molecular formula is C22H21F3N4O3S. The number of ether oxygens (including phenoxy) is 2. The standard InChI is InChI=1S/C22H21F3N4O3S/c1-12-8-26-20(33-12)15-5-14(6-18(7-15)32-17-3-4-31-11-17)19(30)29-13(2)16-9-27-21(28-10-16)22(23,24)25/h5-10,13,17H,3-4,11H2,1-2H3,(H,29,30)/t13?,17-/m0/s1. The smallest absolute Gasteiger partial charge is 0.451 e. The van der Waals surface area contributed by atoms with Crippen LogP contribution in [0.3, 0.4) is 0 Å². The number of aromatic nitrogens is 3. The van der Waals surface area contributed by atoms with Gasteiger partial charge in [0.1, 0.15) is 16.9 Å². The first-order chi connectivity index (χ1) is 15.7. The van der Waals surface area contributed by atoms with Crippen LogP contribution in [0.5, 0.6) is 5.75 Å². The Kier molecular flexibility index (Phi) is 6.61. The van der Waals surface area contributed by atoms with Crippen LogP contribution >= 0.6 is 11.3 Å².